The molecule has 1 N–H and O–H groups in total. The fourth-order valence-corrected chi connectivity index (χ4v) is 2.36. The monoisotopic (exact) mass is 246 g/mol. The summed E-state index contributed by atoms with van der Waals surface area (Å²) in [5, 5.41) is 9.72. The van der Waals surface area contributed by atoms with E-state index >= 15 is 0 Å². The van der Waals surface area contributed by atoms with Crippen LogP contribution in [0.2, 0.25) is 0 Å². The average molecular weight is 246 g/mol. The van der Waals surface area contributed by atoms with E-state index in [1.165, 1.54) is 0 Å². The smallest absolute Gasteiger partial charge is 0.369 e. The lowest BCUT2D eigenvalue weighted by Crippen LogP contribution is -2.46. The van der Waals surface area contributed by atoms with Crippen molar-refractivity contribution in [3.63, 3.8) is 0 Å². The molecule has 2 rings (SSSR count). The first-order chi connectivity index (χ1) is 7.93. The largest absolute Gasteiger partial charge is 0.428 e. The van der Waals surface area contributed by atoms with Crippen LogP contribution in [0.1, 0.15) is 44.9 Å². The van der Waals surface area contributed by atoms with Gasteiger partial charge < -0.3 is 5.11 Å². The van der Waals surface area contributed by atoms with Crippen LogP contribution in [-0.2, 0) is 0 Å². The Morgan fingerprint density at radius 2 is 1.53 bits per heavy atom. The van der Waals surface area contributed by atoms with E-state index in [0.717, 1.165) is 32.1 Å². The van der Waals surface area contributed by atoms with E-state index < -0.39 is 17.7 Å². The molecule has 0 aliphatic heterocycles. The lowest BCUT2D eigenvalue weighted by molar-refractivity contribution is -0.242. The van der Waals surface area contributed by atoms with Crippen LogP contribution in [-0.4, -0.2) is 16.9 Å². The maximum Gasteiger partial charge on any atom is 0.428 e. The van der Waals surface area contributed by atoms with Gasteiger partial charge in [-0.25, -0.2) is 0 Å². The zero-order chi connectivity index (χ0) is 12.5. The molecule has 2 saturated carbocycles. The van der Waals surface area contributed by atoms with Crippen LogP contribution in [0.5, 0.6) is 0 Å². The van der Waals surface area contributed by atoms with E-state index in [2.05, 4.69) is 11.8 Å². The maximum atomic E-state index is 12.8. The van der Waals surface area contributed by atoms with Gasteiger partial charge in [0.05, 0.1) is 0 Å². The van der Waals surface area contributed by atoms with Crippen molar-refractivity contribution in [2.75, 3.05) is 0 Å². The SMILES string of the molecule is OC(C#CC1CCCCC1)(C1CC1)C(F)(F)F. The highest BCUT2D eigenvalue weighted by atomic mass is 19.4. The Hall–Kier alpha value is -0.690. The topological polar surface area (TPSA) is 20.2 Å². The summed E-state index contributed by atoms with van der Waals surface area (Å²) in [7, 11) is 0. The van der Waals surface area contributed by atoms with Crippen LogP contribution in [0, 0.1) is 23.7 Å². The lowest BCUT2D eigenvalue weighted by Gasteiger charge is -2.25. The fourth-order valence-electron chi connectivity index (χ4n) is 2.36. The van der Waals surface area contributed by atoms with Crippen LogP contribution >= 0.6 is 0 Å². The summed E-state index contributed by atoms with van der Waals surface area (Å²) in [5.74, 6) is 4.15. The van der Waals surface area contributed by atoms with Gasteiger partial charge in [-0.3, -0.25) is 0 Å². The molecule has 0 spiro atoms. The third kappa shape index (κ3) is 2.77. The molecule has 2 fully saturated rings. The Morgan fingerprint density at radius 1 is 0.941 bits per heavy atom. The predicted molar refractivity (Wildman–Crippen MR) is 58.1 cm³/mol. The minimum Gasteiger partial charge on any atom is -0.369 e. The van der Waals surface area contributed by atoms with Crippen LogP contribution in [0.25, 0.3) is 0 Å². The number of hydrogen-bond donors (Lipinski definition) is 1. The standard InChI is InChI=1S/C13H17F3O/c14-13(15,16)12(17,11-6-7-11)9-8-10-4-2-1-3-5-10/h10-11,17H,1-7H2. The van der Waals surface area contributed by atoms with Gasteiger partial charge in [0, 0.05) is 11.8 Å². The van der Waals surface area contributed by atoms with Crippen LogP contribution in [0.3, 0.4) is 0 Å². The Bertz CT molecular complexity index is 329. The number of rotatable bonds is 1. The van der Waals surface area contributed by atoms with Crippen molar-refractivity contribution >= 4 is 0 Å². The summed E-state index contributed by atoms with van der Waals surface area (Å²) < 4.78 is 38.4. The van der Waals surface area contributed by atoms with Crippen molar-refractivity contribution in [3.05, 3.63) is 0 Å². The number of alkyl halides is 3. The van der Waals surface area contributed by atoms with Crippen LogP contribution in [0.15, 0.2) is 0 Å². The molecule has 96 valence electrons. The second-order valence-corrected chi connectivity index (χ2v) is 5.14. The quantitative estimate of drug-likeness (QED) is 0.704. The van der Waals surface area contributed by atoms with Crippen LogP contribution < -0.4 is 0 Å². The summed E-state index contributed by atoms with van der Waals surface area (Å²) >= 11 is 0. The molecule has 2 aliphatic carbocycles. The van der Waals surface area contributed by atoms with Crippen molar-refractivity contribution in [2.45, 2.75) is 56.7 Å². The molecule has 17 heavy (non-hydrogen) atoms. The van der Waals surface area contributed by atoms with Gasteiger partial charge in [-0.1, -0.05) is 31.1 Å². The van der Waals surface area contributed by atoms with Gasteiger partial charge in [0.1, 0.15) is 0 Å². The van der Waals surface area contributed by atoms with Gasteiger partial charge in [0.25, 0.3) is 0 Å². The Kier molecular flexibility index (Phi) is 3.40. The highest BCUT2D eigenvalue weighted by Gasteiger charge is 2.61. The molecule has 1 atom stereocenters. The Balaban J connectivity index is 2.10. The first-order valence-corrected chi connectivity index (χ1v) is 6.25. The molecule has 0 aromatic rings. The summed E-state index contributed by atoms with van der Waals surface area (Å²) in [4.78, 5) is 0. The predicted octanol–water partition coefficient (Wildman–Crippen LogP) is 3.27. The van der Waals surface area contributed by atoms with Gasteiger partial charge in [-0.15, -0.1) is 0 Å². The zero-order valence-corrected chi connectivity index (χ0v) is 9.69. The molecular weight excluding hydrogens is 229 g/mol. The number of aliphatic hydroxyl groups is 1. The molecule has 0 bridgehead atoms. The van der Waals surface area contributed by atoms with Crippen molar-refractivity contribution in [1.29, 1.82) is 0 Å². The second-order valence-electron chi connectivity index (χ2n) is 5.14. The second kappa shape index (κ2) is 4.53. The maximum absolute atomic E-state index is 12.8. The third-order valence-electron chi connectivity index (χ3n) is 3.67. The molecule has 1 unspecified atom stereocenters. The first-order valence-electron chi connectivity index (χ1n) is 6.25. The minimum absolute atomic E-state index is 0.0383. The number of hydrogen-bond acceptors (Lipinski definition) is 1. The van der Waals surface area contributed by atoms with Crippen LogP contribution in [0.4, 0.5) is 13.2 Å². The Labute approximate surface area is 99.4 Å². The minimum atomic E-state index is -4.63. The van der Waals surface area contributed by atoms with Crippen molar-refractivity contribution in [2.24, 2.45) is 11.8 Å². The third-order valence-corrected chi connectivity index (χ3v) is 3.67. The van der Waals surface area contributed by atoms with Crippen molar-refractivity contribution in [3.8, 4) is 11.8 Å². The summed E-state index contributed by atoms with van der Waals surface area (Å²) in [6, 6.07) is 0. The molecule has 4 heteroatoms. The normalized spacial score (nSPS) is 25.9. The summed E-state index contributed by atoms with van der Waals surface area (Å²) in [6.45, 7) is 0. The van der Waals surface area contributed by atoms with Gasteiger partial charge in [0.15, 0.2) is 0 Å². The molecule has 0 radical (unpaired) electrons. The van der Waals surface area contributed by atoms with Gasteiger partial charge in [-0.05, 0) is 25.7 Å². The average Bonchev–Trinajstić information content (AvgIpc) is 3.10. The fraction of sp³-hybridized carbons (Fsp3) is 0.846. The molecule has 1 nitrogen and oxygen atoms in total. The van der Waals surface area contributed by atoms with Gasteiger partial charge in [-0.2, -0.15) is 13.2 Å². The molecule has 0 aromatic heterocycles. The van der Waals surface area contributed by atoms with Crippen molar-refractivity contribution in [1.82, 2.24) is 0 Å². The first kappa shape index (κ1) is 12.8. The highest BCUT2D eigenvalue weighted by molar-refractivity contribution is 5.23. The Morgan fingerprint density at radius 3 is 2.00 bits per heavy atom. The molecule has 2 aliphatic rings. The van der Waals surface area contributed by atoms with Crippen molar-refractivity contribution < 1.29 is 18.3 Å². The van der Waals surface area contributed by atoms with E-state index in [1.54, 1.807) is 0 Å². The molecule has 0 heterocycles. The van der Waals surface area contributed by atoms with E-state index in [1.807, 2.05) is 0 Å². The molecule has 0 amide bonds. The number of halogens is 3. The molecule has 0 saturated heterocycles. The van der Waals surface area contributed by atoms with E-state index in [9.17, 15) is 18.3 Å². The molecular formula is C13H17F3O. The summed E-state index contributed by atoms with van der Waals surface area (Å²) in [5.41, 5.74) is -2.76. The zero-order valence-electron chi connectivity index (χ0n) is 9.69. The van der Waals surface area contributed by atoms with Gasteiger partial charge in [0.2, 0.25) is 5.60 Å². The van der Waals surface area contributed by atoms with Gasteiger partial charge >= 0.3 is 6.18 Å². The molecule has 0 aromatic carbocycles. The lowest BCUT2D eigenvalue weighted by atomic mass is 9.88. The van der Waals surface area contributed by atoms with E-state index in [0.29, 0.717) is 12.8 Å². The van der Waals surface area contributed by atoms with E-state index in [4.69, 9.17) is 0 Å². The van der Waals surface area contributed by atoms with E-state index in [-0.39, 0.29) is 5.92 Å². The summed E-state index contributed by atoms with van der Waals surface area (Å²) in [6.07, 6.45) is 1.17. The highest BCUT2D eigenvalue weighted by Crippen LogP contribution is 2.48.